The molecule has 5 heteroatoms. The minimum Gasteiger partial charge on any atom is -0.448 e. The third-order valence-electron chi connectivity index (χ3n) is 0.921. The van der Waals surface area contributed by atoms with Gasteiger partial charge in [0.25, 0.3) is 0 Å². The summed E-state index contributed by atoms with van der Waals surface area (Å²) < 4.78 is 5.88. The number of hydrogen-bond donors (Lipinski definition) is 0. The average molecular weight is 172 g/mol. The van der Waals surface area contributed by atoms with E-state index in [-0.39, 0.29) is 0 Å². The molecular formula is C6H8N2O2S. The van der Waals surface area contributed by atoms with Crippen LogP contribution in [0.1, 0.15) is 6.92 Å². The molecule has 1 amide bonds. The predicted octanol–water partition coefficient (Wildman–Crippen LogP) is 1.61. The minimum absolute atomic E-state index is 0.370. The fourth-order valence-corrected chi connectivity index (χ4v) is 1.03. The highest BCUT2D eigenvalue weighted by molar-refractivity contribution is 8.00. The zero-order valence-corrected chi connectivity index (χ0v) is 6.87. The molecule has 0 aromatic heterocycles. The molecule has 0 aromatic carbocycles. The van der Waals surface area contributed by atoms with Gasteiger partial charge in [0.05, 0.1) is 6.61 Å². The van der Waals surface area contributed by atoms with Gasteiger partial charge in [-0.2, -0.15) is 5.10 Å². The van der Waals surface area contributed by atoms with Gasteiger partial charge in [-0.25, -0.2) is 4.79 Å². The summed E-state index contributed by atoms with van der Waals surface area (Å²) in [4.78, 5) is 10.9. The molecule has 1 aliphatic heterocycles. The Labute approximate surface area is 69.0 Å². The molecule has 11 heavy (non-hydrogen) atoms. The van der Waals surface area contributed by atoms with Crippen LogP contribution in [0.4, 0.5) is 4.79 Å². The maximum Gasteiger partial charge on any atom is 0.441 e. The van der Waals surface area contributed by atoms with Crippen LogP contribution in [0.5, 0.6) is 0 Å². The first-order valence-electron chi connectivity index (χ1n) is 3.17. The van der Waals surface area contributed by atoms with E-state index in [1.54, 1.807) is 18.4 Å². The van der Waals surface area contributed by atoms with E-state index < -0.39 is 6.09 Å². The normalized spacial score (nSPS) is 15.2. The molecule has 0 atom stereocenters. The van der Waals surface area contributed by atoms with Gasteiger partial charge in [0.1, 0.15) is 0 Å². The van der Waals surface area contributed by atoms with Gasteiger partial charge in [-0.1, -0.05) is 0 Å². The molecular weight excluding hydrogens is 164 g/mol. The van der Waals surface area contributed by atoms with Crippen molar-refractivity contribution in [2.75, 3.05) is 6.61 Å². The summed E-state index contributed by atoms with van der Waals surface area (Å²) in [5, 5.41) is 5.51. The zero-order valence-electron chi connectivity index (χ0n) is 6.06. The molecule has 1 aliphatic rings. The fourth-order valence-electron chi connectivity index (χ4n) is 0.523. The molecule has 0 fully saturated rings. The standard InChI is InChI=1S/C6H8N2O2S/c1-2-10-6(9)8-7-4-3-5-11-8/h3-5H,2H2,1H3. The molecule has 4 nitrogen and oxygen atoms in total. The van der Waals surface area contributed by atoms with Crippen molar-refractivity contribution < 1.29 is 9.53 Å². The van der Waals surface area contributed by atoms with Crippen LogP contribution in [0, 0.1) is 0 Å². The summed E-state index contributed by atoms with van der Waals surface area (Å²) in [7, 11) is 0. The number of rotatable bonds is 1. The first-order chi connectivity index (χ1) is 5.34. The van der Waals surface area contributed by atoms with Gasteiger partial charge in [-0.3, -0.25) is 0 Å². The molecule has 0 unspecified atom stereocenters. The van der Waals surface area contributed by atoms with E-state index in [0.29, 0.717) is 6.61 Å². The van der Waals surface area contributed by atoms with Crippen molar-refractivity contribution in [3.05, 3.63) is 11.5 Å². The smallest absolute Gasteiger partial charge is 0.441 e. The Kier molecular flexibility index (Phi) is 2.97. The van der Waals surface area contributed by atoms with Crippen LogP contribution in [0.2, 0.25) is 0 Å². The van der Waals surface area contributed by atoms with E-state index in [4.69, 9.17) is 4.74 Å². The van der Waals surface area contributed by atoms with Crippen LogP contribution in [-0.2, 0) is 4.74 Å². The topological polar surface area (TPSA) is 41.9 Å². The van der Waals surface area contributed by atoms with E-state index in [9.17, 15) is 4.79 Å². The molecule has 60 valence electrons. The van der Waals surface area contributed by atoms with Crippen molar-refractivity contribution in [3.63, 3.8) is 0 Å². The van der Waals surface area contributed by atoms with Crippen LogP contribution in [0.15, 0.2) is 16.6 Å². The second-order valence-corrected chi connectivity index (χ2v) is 2.50. The maximum atomic E-state index is 10.9. The second kappa shape index (κ2) is 4.02. The Bertz CT molecular complexity index is 203. The van der Waals surface area contributed by atoms with Crippen molar-refractivity contribution in [2.45, 2.75) is 6.92 Å². The summed E-state index contributed by atoms with van der Waals surface area (Å²) >= 11 is 1.19. The molecule has 0 aliphatic carbocycles. The Morgan fingerprint density at radius 2 is 2.64 bits per heavy atom. The number of carbonyl (C=O) groups is 1. The fraction of sp³-hybridized carbons (Fsp3) is 0.333. The molecule has 0 spiro atoms. The highest BCUT2D eigenvalue weighted by Crippen LogP contribution is 2.15. The van der Waals surface area contributed by atoms with Gasteiger partial charge in [0.2, 0.25) is 0 Å². The van der Waals surface area contributed by atoms with Crippen molar-refractivity contribution in [3.8, 4) is 0 Å². The van der Waals surface area contributed by atoms with Crippen LogP contribution < -0.4 is 0 Å². The lowest BCUT2D eigenvalue weighted by Gasteiger charge is -2.13. The van der Waals surface area contributed by atoms with Crippen LogP contribution in [0.3, 0.4) is 0 Å². The van der Waals surface area contributed by atoms with Gasteiger partial charge in [0.15, 0.2) is 0 Å². The largest absolute Gasteiger partial charge is 0.448 e. The van der Waals surface area contributed by atoms with Crippen molar-refractivity contribution in [2.24, 2.45) is 5.10 Å². The third kappa shape index (κ3) is 2.27. The lowest BCUT2D eigenvalue weighted by molar-refractivity contribution is 0.134. The number of allylic oxidation sites excluding steroid dienone is 1. The number of carbonyl (C=O) groups excluding carboxylic acids is 1. The summed E-state index contributed by atoms with van der Waals surface area (Å²) in [6.07, 6.45) is 2.85. The Morgan fingerprint density at radius 1 is 1.82 bits per heavy atom. The Hall–Kier alpha value is -0.970. The van der Waals surface area contributed by atoms with Crippen LogP contribution >= 0.6 is 11.9 Å². The molecule has 0 saturated carbocycles. The maximum absolute atomic E-state index is 10.9. The number of hydrogen-bond acceptors (Lipinski definition) is 4. The Balaban J connectivity index is 2.42. The van der Waals surface area contributed by atoms with Crippen LogP contribution in [0.25, 0.3) is 0 Å². The van der Waals surface area contributed by atoms with E-state index in [1.807, 2.05) is 0 Å². The van der Waals surface area contributed by atoms with Gasteiger partial charge in [0, 0.05) is 18.2 Å². The van der Waals surface area contributed by atoms with E-state index in [0.717, 1.165) is 0 Å². The summed E-state index contributed by atoms with van der Waals surface area (Å²) in [6.45, 7) is 2.13. The van der Waals surface area contributed by atoms with Gasteiger partial charge >= 0.3 is 6.09 Å². The molecule has 0 bridgehead atoms. The van der Waals surface area contributed by atoms with Crippen molar-refractivity contribution in [1.29, 1.82) is 0 Å². The second-order valence-electron chi connectivity index (χ2n) is 1.67. The minimum atomic E-state index is -0.432. The van der Waals surface area contributed by atoms with Gasteiger partial charge in [-0.05, 0) is 18.4 Å². The molecule has 1 rings (SSSR count). The van der Waals surface area contributed by atoms with Crippen molar-refractivity contribution in [1.82, 2.24) is 4.41 Å². The SMILES string of the molecule is CCOC(=O)N1N=CC=CS1. The monoisotopic (exact) mass is 172 g/mol. The third-order valence-corrected chi connectivity index (χ3v) is 1.64. The lowest BCUT2D eigenvalue weighted by Crippen LogP contribution is -2.20. The van der Waals surface area contributed by atoms with E-state index in [1.165, 1.54) is 22.6 Å². The lowest BCUT2D eigenvalue weighted by atomic mass is 10.7. The highest BCUT2D eigenvalue weighted by atomic mass is 32.2. The van der Waals surface area contributed by atoms with Crippen LogP contribution in [-0.4, -0.2) is 23.3 Å². The summed E-state index contributed by atoms with van der Waals surface area (Å²) in [5.74, 6) is 0. The zero-order chi connectivity index (χ0) is 8.10. The molecule has 0 aromatic rings. The molecule has 0 N–H and O–H groups in total. The van der Waals surface area contributed by atoms with E-state index in [2.05, 4.69) is 5.10 Å². The highest BCUT2D eigenvalue weighted by Gasteiger charge is 2.13. The number of ether oxygens (including phenoxy) is 1. The first-order valence-corrected chi connectivity index (χ1v) is 4.01. The molecule has 0 radical (unpaired) electrons. The average Bonchev–Trinajstić information content (AvgIpc) is 2.07. The predicted molar refractivity (Wildman–Crippen MR) is 44.1 cm³/mol. The summed E-state index contributed by atoms with van der Waals surface area (Å²) in [6, 6.07) is 0. The Morgan fingerprint density at radius 3 is 3.18 bits per heavy atom. The quantitative estimate of drug-likeness (QED) is 0.564. The van der Waals surface area contributed by atoms with E-state index >= 15 is 0 Å². The molecule has 0 saturated heterocycles. The first kappa shape index (κ1) is 8.13. The molecule has 1 heterocycles. The van der Waals surface area contributed by atoms with Gasteiger partial charge in [-0.15, -0.1) is 4.41 Å². The number of amides is 1. The van der Waals surface area contributed by atoms with Gasteiger partial charge < -0.3 is 4.74 Å². The summed E-state index contributed by atoms with van der Waals surface area (Å²) in [5.41, 5.74) is 0. The number of hydrazone groups is 1. The number of nitrogens with zero attached hydrogens (tertiary/aromatic N) is 2. The van der Waals surface area contributed by atoms with Crippen molar-refractivity contribution >= 4 is 24.3 Å².